The maximum Gasteiger partial charge on any atom is 0.291 e. The molecular weight excluding hydrogens is 418 g/mol. The number of benzene rings is 2. The highest BCUT2D eigenvalue weighted by molar-refractivity contribution is 6.30. The molecule has 8 nitrogen and oxygen atoms in total. The van der Waals surface area contributed by atoms with E-state index in [1.54, 1.807) is 42.5 Å². The number of anilines is 1. The maximum absolute atomic E-state index is 12.6. The predicted octanol–water partition coefficient (Wildman–Crippen LogP) is 3.15. The van der Waals surface area contributed by atoms with Gasteiger partial charge in [0.05, 0.1) is 11.4 Å². The van der Waals surface area contributed by atoms with Gasteiger partial charge in [-0.2, -0.15) is 0 Å². The second-order valence-corrected chi connectivity index (χ2v) is 7.05. The molecule has 0 radical (unpaired) electrons. The van der Waals surface area contributed by atoms with Crippen LogP contribution in [0.15, 0.2) is 48.5 Å². The lowest BCUT2D eigenvalue weighted by Gasteiger charge is -2.12. The van der Waals surface area contributed by atoms with Gasteiger partial charge in [-0.1, -0.05) is 42.8 Å². The average molecular weight is 442 g/mol. The Morgan fingerprint density at radius 1 is 1.16 bits per heavy atom. The van der Waals surface area contributed by atoms with Crippen LogP contribution < -0.4 is 21.1 Å². The summed E-state index contributed by atoms with van der Waals surface area (Å²) in [6, 6.07) is 14.2. The van der Waals surface area contributed by atoms with E-state index in [1.165, 1.54) is 0 Å². The molecule has 0 spiro atoms. The van der Waals surface area contributed by atoms with Gasteiger partial charge in [0, 0.05) is 18.7 Å². The molecule has 0 aliphatic carbocycles. The van der Waals surface area contributed by atoms with Gasteiger partial charge in [0.1, 0.15) is 12.4 Å². The van der Waals surface area contributed by atoms with Crippen molar-refractivity contribution in [1.29, 1.82) is 0 Å². The van der Waals surface area contributed by atoms with E-state index in [-0.39, 0.29) is 23.5 Å². The number of nitrogens with one attached hydrogen (secondary N) is 3. The van der Waals surface area contributed by atoms with Gasteiger partial charge < -0.3 is 26.1 Å². The maximum atomic E-state index is 12.6. The molecule has 162 valence electrons. The van der Waals surface area contributed by atoms with Crippen LogP contribution in [0.2, 0.25) is 5.15 Å². The van der Waals surface area contributed by atoms with Crippen molar-refractivity contribution in [3.05, 3.63) is 76.3 Å². The van der Waals surface area contributed by atoms with Crippen molar-refractivity contribution in [2.45, 2.75) is 20.0 Å². The van der Waals surface area contributed by atoms with Gasteiger partial charge in [-0.3, -0.25) is 9.59 Å². The Balaban J connectivity index is 1.68. The number of carbonyl (C=O) groups excluding carboxylic acids is 2. The largest absolute Gasteiger partial charge is 0.487 e. The summed E-state index contributed by atoms with van der Waals surface area (Å²) in [4.78, 5) is 31.6. The minimum absolute atomic E-state index is 0.132. The molecule has 0 saturated heterocycles. The summed E-state index contributed by atoms with van der Waals surface area (Å²) in [5.41, 5.74) is 7.95. The first kappa shape index (κ1) is 22.3. The third-order valence-corrected chi connectivity index (χ3v) is 4.76. The highest BCUT2D eigenvalue weighted by Crippen LogP contribution is 2.25. The molecule has 0 bridgehead atoms. The highest BCUT2D eigenvalue weighted by Gasteiger charge is 2.16. The summed E-state index contributed by atoms with van der Waals surface area (Å²) >= 11 is 6.02. The van der Waals surface area contributed by atoms with Crippen LogP contribution in [-0.2, 0) is 13.0 Å². The minimum Gasteiger partial charge on any atom is -0.487 e. The van der Waals surface area contributed by atoms with Gasteiger partial charge in [-0.25, -0.2) is 4.98 Å². The molecule has 0 unspecified atom stereocenters. The fourth-order valence-electron chi connectivity index (χ4n) is 2.86. The molecule has 0 saturated carbocycles. The van der Waals surface area contributed by atoms with Crippen molar-refractivity contribution in [1.82, 2.24) is 15.3 Å². The van der Waals surface area contributed by atoms with Crippen LogP contribution >= 0.6 is 11.6 Å². The number of para-hydroxylation sites is 2. The lowest BCUT2D eigenvalue weighted by Crippen LogP contribution is -2.29. The average Bonchev–Trinajstić information content (AvgIpc) is 3.18. The molecule has 5 N–H and O–H groups in total. The molecule has 1 aromatic heterocycles. The van der Waals surface area contributed by atoms with Gasteiger partial charge in [0.15, 0.2) is 11.0 Å². The van der Waals surface area contributed by atoms with Crippen LogP contribution in [0.25, 0.3) is 0 Å². The Labute approximate surface area is 185 Å². The number of carbonyl (C=O) groups is 2. The second kappa shape index (κ2) is 10.6. The van der Waals surface area contributed by atoms with E-state index in [2.05, 4.69) is 20.6 Å². The Morgan fingerprint density at radius 3 is 2.71 bits per heavy atom. The van der Waals surface area contributed by atoms with Gasteiger partial charge in [-0.15, -0.1) is 0 Å². The summed E-state index contributed by atoms with van der Waals surface area (Å²) < 4.78 is 5.90. The quantitative estimate of drug-likeness (QED) is 0.406. The third kappa shape index (κ3) is 5.84. The van der Waals surface area contributed by atoms with Crippen LogP contribution in [0, 0.1) is 0 Å². The van der Waals surface area contributed by atoms with E-state index in [0.29, 0.717) is 42.2 Å². The van der Waals surface area contributed by atoms with Gasteiger partial charge in [0.2, 0.25) is 0 Å². The standard InChI is InChI=1S/C22H24ClN5O3/c1-2-16-19(23)28-20(26-16)22(30)27-17-8-3-4-9-18(17)31-13-14-6-5-7-15(12-14)21(29)25-11-10-24/h3-9,12H,2,10-11,13,24H2,1H3,(H,25,29)(H,26,28)(H,27,30). The zero-order valence-electron chi connectivity index (χ0n) is 17.1. The lowest BCUT2D eigenvalue weighted by molar-refractivity contribution is 0.0953. The number of halogens is 1. The van der Waals surface area contributed by atoms with Gasteiger partial charge in [0.25, 0.3) is 11.8 Å². The number of nitrogens with zero attached hydrogens (tertiary/aromatic N) is 1. The molecule has 31 heavy (non-hydrogen) atoms. The molecule has 0 atom stereocenters. The normalized spacial score (nSPS) is 10.5. The zero-order chi connectivity index (χ0) is 22.2. The van der Waals surface area contributed by atoms with Crippen LogP contribution in [0.5, 0.6) is 5.75 Å². The summed E-state index contributed by atoms with van der Waals surface area (Å²) in [6.07, 6.45) is 0.641. The SMILES string of the molecule is CCc1[nH]c(C(=O)Nc2ccccc2OCc2cccc(C(=O)NCCN)c2)nc1Cl. The first-order valence-corrected chi connectivity index (χ1v) is 10.2. The van der Waals surface area contributed by atoms with Crippen LogP contribution in [0.3, 0.4) is 0 Å². The zero-order valence-corrected chi connectivity index (χ0v) is 17.8. The van der Waals surface area contributed by atoms with Gasteiger partial charge in [-0.05, 0) is 36.2 Å². The van der Waals surface area contributed by atoms with Crippen molar-refractivity contribution < 1.29 is 14.3 Å². The van der Waals surface area contributed by atoms with Crippen molar-refractivity contribution >= 4 is 29.1 Å². The van der Waals surface area contributed by atoms with Crippen molar-refractivity contribution in [2.75, 3.05) is 18.4 Å². The van der Waals surface area contributed by atoms with E-state index < -0.39 is 5.91 Å². The van der Waals surface area contributed by atoms with Crippen LogP contribution in [0.1, 0.15) is 39.2 Å². The molecular formula is C22H24ClN5O3. The fourth-order valence-corrected chi connectivity index (χ4v) is 3.12. The smallest absolute Gasteiger partial charge is 0.291 e. The molecule has 9 heteroatoms. The lowest BCUT2D eigenvalue weighted by atomic mass is 10.1. The first-order valence-electron chi connectivity index (χ1n) is 9.86. The monoisotopic (exact) mass is 441 g/mol. The van der Waals surface area contributed by atoms with Crippen LogP contribution in [0.4, 0.5) is 5.69 Å². The highest BCUT2D eigenvalue weighted by atomic mass is 35.5. The number of amides is 2. The third-order valence-electron chi connectivity index (χ3n) is 4.45. The number of aromatic nitrogens is 2. The summed E-state index contributed by atoms with van der Waals surface area (Å²) in [7, 11) is 0. The molecule has 1 heterocycles. The number of imidazole rings is 1. The van der Waals surface area contributed by atoms with Crippen molar-refractivity contribution in [3.8, 4) is 5.75 Å². The van der Waals surface area contributed by atoms with Gasteiger partial charge >= 0.3 is 0 Å². The Kier molecular flexibility index (Phi) is 7.64. The van der Waals surface area contributed by atoms with Crippen molar-refractivity contribution in [3.63, 3.8) is 0 Å². The topological polar surface area (TPSA) is 122 Å². The number of rotatable bonds is 9. The number of ether oxygens (including phenoxy) is 1. The number of nitrogens with two attached hydrogens (primary N) is 1. The second-order valence-electron chi connectivity index (χ2n) is 6.69. The number of H-pyrrole nitrogens is 1. The fraction of sp³-hybridized carbons (Fsp3) is 0.227. The first-order chi connectivity index (χ1) is 15.0. The molecule has 0 fully saturated rings. The summed E-state index contributed by atoms with van der Waals surface area (Å²) in [5.74, 6) is 0.00907. The Hall–Kier alpha value is -3.36. The van der Waals surface area contributed by atoms with E-state index in [0.717, 1.165) is 5.56 Å². The van der Waals surface area contributed by atoms with E-state index in [1.807, 2.05) is 13.0 Å². The van der Waals surface area contributed by atoms with E-state index in [9.17, 15) is 9.59 Å². The van der Waals surface area contributed by atoms with Crippen LogP contribution in [-0.4, -0.2) is 34.9 Å². The van der Waals surface area contributed by atoms with E-state index >= 15 is 0 Å². The number of aromatic amines is 1. The Bertz CT molecular complexity index is 1070. The minimum atomic E-state index is -0.420. The molecule has 2 amide bonds. The summed E-state index contributed by atoms with van der Waals surface area (Å²) in [6.45, 7) is 2.92. The number of aryl methyl sites for hydroxylation is 1. The van der Waals surface area contributed by atoms with E-state index in [4.69, 9.17) is 22.1 Å². The molecule has 3 aromatic rings. The Morgan fingerprint density at radius 2 is 1.97 bits per heavy atom. The predicted molar refractivity (Wildman–Crippen MR) is 120 cm³/mol. The number of hydrogen-bond donors (Lipinski definition) is 4. The molecule has 0 aliphatic rings. The molecule has 0 aliphatic heterocycles. The molecule has 3 rings (SSSR count). The summed E-state index contributed by atoms with van der Waals surface area (Å²) in [5, 5.41) is 5.81. The number of hydrogen-bond acceptors (Lipinski definition) is 5. The van der Waals surface area contributed by atoms with Crippen molar-refractivity contribution in [2.24, 2.45) is 5.73 Å². The molecule has 2 aromatic carbocycles.